The van der Waals surface area contributed by atoms with Crippen LogP contribution in [0.25, 0.3) is 0 Å². The predicted octanol–water partition coefficient (Wildman–Crippen LogP) is 1.08. The molecule has 80 valence electrons. The minimum Gasteiger partial charge on any atom is -0.383 e. The molecule has 0 bridgehead atoms. The molecule has 1 fully saturated rings. The molecule has 1 aliphatic rings. The monoisotopic (exact) mass is 205 g/mol. The molecular weight excluding hydrogens is 190 g/mol. The number of nitrogens with zero attached hydrogens (tertiary/aromatic N) is 3. The summed E-state index contributed by atoms with van der Waals surface area (Å²) in [5, 5.41) is 16.4. The van der Waals surface area contributed by atoms with E-state index in [9.17, 15) is 0 Å². The molecule has 0 radical (unpaired) electrons. The van der Waals surface area contributed by atoms with Crippen LogP contribution in [0.3, 0.4) is 0 Å². The molecule has 5 nitrogen and oxygen atoms in total. The van der Waals surface area contributed by atoms with E-state index in [1.165, 1.54) is 17.5 Å². The summed E-state index contributed by atoms with van der Waals surface area (Å²) < 4.78 is 1.53. The van der Waals surface area contributed by atoms with Crippen LogP contribution in [0.1, 0.15) is 25.3 Å². The Kier molecular flexibility index (Phi) is 2.27. The van der Waals surface area contributed by atoms with E-state index in [-0.39, 0.29) is 0 Å². The maximum absolute atomic E-state index is 8.96. The van der Waals surface area contributed by atoms with Crippen LogP contribution in [0.2, 0.25) is 0 Å². The number of nitrogens with one attached hydrogen (secondary N) is 1. The summed E-state index contributed by atoms with van der Waals surface area (Å²) in [6.45, 7) is 2.11. The van der Waals surface area contributed by atoms with Gasteiger partial charge in [-0.2, -0.15) is 10.4 Å². The van der Waals surface area contributed by atoms with Gasteiger partial charge in [0.25, 0.3) is 0 Å². The molecule has 1 atom stereocenters. The molecule has 1 aliphatic carbocycles. The molecule has 1 saturated carbocycles. The number of hydrogen-bond acceptors (Lipinski definition) is 4. The first-order chi connectivity index (χ1) is 7.13. The Bertz CT molecular complexity index is 410. The van der Waals surface area contributed by atoms with E-state index in [1.807, 2.05) is 0 Å². The Balaban J connectivity index is 2.20. The van der Waals surface area contributed by atoms with E-state index >= 15 is 0 Å². The molecule has 1 unspecified atom stereocenters. The summed E-state index contributed by atoms with van der Waals surface area (Å²) in [7, 11) is 1.74. The molecule has 0 spiro atoms. The Hall–Kier alpha value is -1.70. The fraction of sp³-hybridized carbons (Fsp3) is 0.600. The lowest BCUT2D eigenvalue weighted by atomic mass is 10.2. The predicted molar refractivity (Wildman–Crippen MR) is 58.1 cm³/mol. The molecule has 0 amide bonds. The topological polar surface area (TPSA) is 79.7 Å². The normalized spacial score (nSPS) is 17.1. The summed E-state index contributed by atoms with van der Waals surface area (Å²) in [5.41, 5.74) is 6.17. The maximum atomic E-state index is 8.96. The largest absolute Gasteiger partial charge is 0.383 e. The van der Waals surface area contributed by atoms with Crippen molar-refractivity contribution in [3.8, 4) is 6.07 Å². The standard InChI is InChI=1S/C10H15N5/c1-6(7-3-4-7)13-10-8(5-11)9(12)15(2)14-10/h6-7H,3-4,12H2,1-2H3,(H,13,14). The summed E-state index contributed by atoms with van der Waals surface area (Å²) in [4.78, 5) is 0. The van der Waals surface area contributed by atoms with Gasteiger partial charge in [0.15, 0.2) is 5.82 Å². The van der Waals surface area contributed by atoms with Gasteiger partial charge in [0.2, 0.25) is 0 Å². The molecule has 1 aromatic heterocycles. The molecule has 1 heterocycles. The van der Waals surface area contributed by atoms with Crippen molar-refractivity contribution in [3.05, 3.63) is 5.56 Å². The minimum atomic E-state index is 0.367. The van der Waals surface area contributed by atoms with Crippen LogP contribution in [-0.4, -0.2) is 15.8 Å². The number of anilines is 2. The smallest absolute Gasteiger partial charge is 0.168 e. The maximum Gasteiger partial charge on any atom is 0.168 e. The highest BCUT2D eigenvalue weighted by molar-refractivity contribution is 5.63. The molecule has 3 N–H and O–H groups in total. The van der Waals surface area contributed by atoms with E-state index in [0.717, 1.165) is 5.92 Å². The minimum absolute atomic E-state index is 0.367. The summed E-state index contributed by atoms with van der Waals surface area (Å²) in [6, 6.07) is 2.45. The lowest BCUT2D eigenvalue weighted by Crippen LogP contribution is -2.18. The summed E-state index contributed by atoms with van der Waals surface area (Å²) >= 11 is 0. The second-order valence-corrected chi connectivity index (χ2v) is 4.11. The van der Waals surface area contributed by atoms with Crippen molar-refractivity contribution in [1.29, 1.82) is 5.26 Å². The van der Waals surface area contributed by atoms with Crippen LogP contribution in [-0.2, 0) is 7.05 Å². The number of aryl methyl sites for hydroxylation is 1. The van der Waals surface area contributed by atoms with Crippen molar-refractivity contribution in [2.75, 3.05) is 11.1 Å². The quantitative estimate of drug-likeness (QED) is 0.774. The van der Waals surface area contributed by atoms with E-state index in [2.05, 4.69) is 23.4 Å². The van der Waals surface area contributed by atoms with Crippen molar-refractivity contribution in [1.82, 2.24) is 9.78 Å². The Morgan fingerprint density at radius 1 is 1.67 bits per heavy atom. The lowest BCUT2D eigenvalue weighted by molar-refractivity contribution is 0.683. The van der Waals surface area contributed by atoms with E-state index in [4.69, 9.17) is 11.0 Å². The van der Waals surface area contributed by atoms with Gasteiger partial charge in [-0.05, 0) is 25.7 Å². The van der Waals surface area contributed by atoms with Gasteiger partial charge < -0.3 is 11.1 Å². The molecule has 0 aromatic carbocycles. The van der Waals surface area contributed by atoms with Gasteiger partial charge in [0.1, 0.15) is 17.5 Å². The zero-order chi connectivity index (χ0) is 11.0. The van der Waals surface area contributed by atoms with Gasteiger partial charge in [0.05, 0.1) is 0 Å². The molecule has 0 aliphatic heterocycles. The highest BCUT2D eigenvalue weighted by Gasteiger charge is 2.29. The van der Waals surface area contributed by atoms with Gasteiger partial charge in [-0.1, -0.05) is 0 Å². The van der Waals surface area contributed by atoms with Gasteiger partial charge in [0, 0.05) is 13.1 Å². The number of rotatable bonds is 3. The fourth-order valence-corrected chi connectivity index (χ4v) is 1.68. The van der Waals surface area contributed by atoms with Crippen LogP contribution < -0.4 is 11.1 Å². The molecule has 0 saturated heterocycles. The first kappa shape index (κ1) is 9.84. The zero-order valence-corrected chi connectivity index (χ0v) is 8.99. The molecule has 1 aromatic rings. The Labute approximate surface area is 88.9 Å². The second-order valence-electron chi connectivity index (χ2n) is 4.11. The third-order valence-corrected chi connectivity index (χ3v) is 2.90. The lowest BCUT2D eigenvalue weighted by Gasteiger charge is -2.11. The van der Waals surface area contributed by atoms with E-state index in [1.54, 1.807) is 7.05 Å². The van der Waals surface area contributed by atoms with Crippen LogP contribution in [0.15, 0.2) is 0 Å². The van der Waals surface area contributed by atoms with Crippen LogP contribution >= 0.6 is 0 Å². The van der Waals surface area contributed by atoms with Gasteiger partial charge >= 0.3 is 0 Å². The molecule has 15 heavy (non-hydrogen) atoms. The SMILES string of the molecule is CC(Nc1nn(C)c(N)c1C#N)C1CC1. The van der Waals surface area contributed by atoms with Gasteiger partial charge in [-0.3, -0.25) is 0 Å². The van der Waals surface area contributed by atoms with E-state index in [0.29, 0.717) is 23.2 Å². The molecular formula is C10H15N5. The Morgan fingerprint density at radius 2 is 2.33 bits per heavy atom. The highest BCUT2D eigenvalue weighted by Crippen LogP contribution is 2.34. The van der Waals surface area contributed by atoms with Crippen molar-refractivity contribution in [2.24, 2.45) is 13.0 Å². The summed E-state index contributed by atoms with van der Waals surface area (Å²) in [6.07, 6.45) is 2.52. The third-order valence-electron chi connectivity index (χ3n) is 2.90. The highest BCUT2D eigenvalue weighted by atomic mass is 15.3. The first-order valence-electron chi connectivity index (χ1n) is 5.12. The van der Waals surface area contributed by atoms with Crippen LogP contribution in [0.4, 0.5) is 11.6 Å². The average molecular weight is 205 g/mol. The van der Waals surface area contributed by atoms with Gasteiger partial charge in [-0.25, -0.2) is 4.68 Å². The number of nitriles is 1. The number of nitrogen functional groups attached to an aromatic ring is 1. The first-order valence-corrected chi connectivity index (χ1v) is 5.12. The van der Waals surface area contributed by atoms with Crippen LogP contribution in [0.5, 0.6) is 0 Å². The zero-order valence-electron chi connectivity index (χ0n) is 8.99. The van der Waals surface area contributed by atoms with Crippen molar-refractivity contribution >= 4 is 11.6 Å². The number of nitrogens with two attached hydrogens (primary N) is 1. The summed E-state index contributed by atoms with van der Waals surface area (Å²) in [5.74, 6) is 1.75. The second kappa shape index (κ2) is 3.46. The van der Waals surface area contributed by atoms with E-state index < -0.39 is 0 Å². The number of hydrogen-bond donors (Lipinski definition) is 2. The Morgan fingerprint density at radius 3 is 2.87 bits per heavy atom. The van der Waals surface area contributed by atoms with Crippen molar-refractivity contribution in [3.63, 3.8) is 0 Å². The third kappa shape index (κ3) is 1.75. The van der Waals surface area contributed by atoms with Gasteiger partial charge in [-0.15, -0.1) is 0 Å². The number of aromatic nitrogens is 2. The van der Waals surface area contributed by atoms with Crippen molar-refractivity contribution < 1.29 is 0 Å². The average Bonchev–Trinajstić information content (AvgIpc) is 2.97. The molecule has 2 rings (SSSR count). The van der Waals surface area contributed by atoms with Crippen LogP contribution in [0, 0.1) is 17.2 Å². The fourth-order valence-electron chi connectivity index (χ4n) is 1.68. The van der Waals surface area contributed by atoms with Crippen molar-refractivity contribution in [2.45, 2.75) is 25.8 Å². The molecule has 5 heteroatoms.